The highest BCUT2D eigenvalue weighted by Crippen LogP contribution is 2.21. The number of aryl methyl sites for hydroxylation is 1. The fraction of sp³-hybridized carbons (Fsp3) is 0.375. The molecule has 0 aromatic carbocycles. The lowest BCUT2D eigenvalue weighted by molar-refractivity contribution is -0.141. The van der Waals surface area contributed by atoms with Crippen LogP contribution in [0.4, 0.5) is 0 Å². The molecule has 72 valence electrons. The average molecular weight is 201 g/mol. The second kappa shape index (κ2) is 3.87. The summed E-state index contributed by atoms with van der Waals surface area (Å²) in [5.74, 6) is -1.20. The van der Waals surface area contributed by atoms with Crippen molar-refractivity contribution in [1.82, 2.24) is 0 Å². The molecule has 5 heteroatoms. The Morgan fingerprint density at radius 3 is 2.69 bits per heavy atom. The summed E-state index contributed by atoms with van der Waals surface area (Å²) in [5.41, 5.74) is 5.82. The van der Waals surface area contributed by atoms with Gasteiger partial charge >= 0.3 is 5.97 Å². The van der Waals surface area contributed by atoms with Crippen LogP contribution in [0.5, 0.6) is 0 Å². The maximum atomic E-state index is 10.4. The maximum absolute atomic E-state index is 10.4. The van der Waals surface area contributed by atoms with Crippen molar-refractivity contribution in [3.8, 4) is 0 Å². The molecule has 0 aliphatic rings. The van der Waals surface area contributed by atoms with Gasteiger partial charge in [0.1, 0.15) is 12.1 Å². The molecule has 13 heavy (non-hydrogen) atoms. The third kappa shape index (κ3) is 2.27. The predicted octanol–water partition coefficient (Wildman–Crippen LogP) is 0.502. The van der Waals surface area contributed by atoms with Crippen molar-refractivity contribution in [3.63, 3.8) is 0 Å². The number of hydrogen-bond acceptors (Lipinski definition) is 4. The van der Waals surface area contributed by atoms with Crippen molar-refractivity contribution in [3.05, 3.63) is 21.9 Å². The van der Waals surface area contributed by atoms with Gasteiger partial charge in [-0.05, 0) is 23.9 Å². The third-order valence-electron chi connectivity index (χ3n) is 1.72. The number of carboxylic acids is 1. The highest BCUT2D eigenvalue weighted by atomic mass is 32.1. The van der Waals surface area contributed by atoms with E-state index >= 15 is 0 Å². The highest BCUT2D eigenvalue weighted by Gasteiger charge is 2.23. The summed E-state index contributed by atoms with van der Waals surface area (Å²) < 4.78 is 0. The van der Waals surface area contributed by atoms with Gasteiger partial charge in [0.05, 0.1) is 0 Å². The summed E-state index contributed by atoms with van der Waals surface area (Å²) in [4.78, 5) is 11.5. The smallest absolute Gasteiger partial charge is 0.323 e. The molecule has 1 rings (SSSR count). The van der Waals surface area contributed by atoms with Crippen LogP contribution >= 0.6 is 11.3 Å². The van der Waals surface area contributed by atoms with Crippen LogP contribution < -0.4 is 5.73 Å². The monoisotopic (exact) mass is 201 g/mol. The van der Waals surface area contributed by atoms with Crippen LogP contribution in [0.2, 0.25) is 0 Å². The second-order valence-corrected chi connectivity index (χ2v) is 3.91. The second-order valence-electron chi connectivity index (χ2n) is 2.80. The summed E-state index contributed by atoms with van der Waals surface area (Å²) in [6.07, 6.45) is -1.12. The number of rotatable bonds is 3. The Labute approximate surface area is 79.6 Å². The first-order valence-electron chi connectivity index (χ1n) is 3.74. The minimum absolute atomic E-state index is 0.567. The molecule has 1 heterocycles. The molecule has 0 radical (unpaired) electrons. The zero-order chi connectivity index (χ0) is 10.0. The molecule has 0 saturated heterocycles. The molecular weight excluding hydrogens is 190 g/mol. The van der Waals surface area contributed by atoms with Gasteiger partial charge in [0.2, 0.25) is 0 Å². The van der Waals surface area contributed by atoms with Crippen molar-refractivity contribution in [1.29, 1.82) is 0 Å². The third-order valence-corrected chi connectivity index (χ3v) is 2.60. The van der Waals surface area contributed by atoms with Crippen LogP contribution in [0, 0.1) is 6.92 Å². The molecule has 0 saturated carbocycles. The van der Waals surface area contributed by atoms with E-state index in [0.29, 0.717) is 5.56 Å². The van der Waals surface area contributed by atoms with E-state index in [1.165, 1.54) is 11.3 Å². The van der Waals surface area contributed by atoms with Gasteiger partial charge in [0.25, 0.3) is 0 Å². The molecule has 0 bridgehead atoms. The number of carboxylic acid groups (broad SMARTS) is 1. The van der Waals surface area contributed by atoms with E-state index in [1.807, 2.05) is 6.92 Å². The first-order chi connectivity index (χ1) is 6.02. The van der Waals surface area contributed by atoms with E-state index in [9.17, 15) is 9.90 Å². The van der Waals surface area contributed by atoms with Gasteiger partial charge in [-0.15, -0.1) is 11.3 Å². The van der Waals surface area contributed by atoms with Crippen molar-refractivity contribution < 1.29 is 15.0 Å². The van der Waals surface area contributed by atoms with Crippen molar-refractivity contribution in [2.24, 2.45) is 5.73 Å². The lowest BCUT2D eigenvalue weighted by Gasteiger charge is -2.12. The van der Waals surface area contributed by atoms with E-state index < -0.39 is 18.1 Å². The number of nitrogens with two attached hydrogens (primary N) is 1. The van der Waals surface area contributed by atoms with Gasteiger partial charge in [0.15, 0.2) is 0 Å². The Hall–Kier alpha value is -0.910. The van der Waals surface area contributed by atoms with Crippen LogP contribution in [-0.2, 0) is 4.79 Å². The van der Waals surface area contributed by atoms with Gasteiger partial charge in [0, 0.05) is 4.88 Å². The van der Waals surface area contributed by atoms with Gasteiger partial charge in [-0.1, -0.05) is 0 Å². The maximum Gasteiger partial charge on any atom is 0.323 e. The van der Waals surface area contributed by atoms with Crippen molar-refractivity contribution >= 4 is 17.3 Å². The standard InChI is InChI=1S/C8H11NO3S/c1-4-2-5(3-13-4)7(10)6(9)8(11)12/h2-3,6-7,10H,9H2,1H3,(H,11,12). The van der Waals surface area contributed by atoms with Gasteiger partial charge in [-0.2, -0.15) is 0 Å². The topological polar surface area (TPSA) is 83.5 Å². The van der Waals surface area contributed by atoms with Gasteiger partial charge < -0.3 is 15.9 Å². The Morgan fingerprint density at radius 2 is 2.31 bits per heavy atom. The van der Waals surface area contributed by atoms with Crippen LogP contribution in [0.1, 0.15) is 16.5 Å². The fourth-order valence-corrected chi connectivity index (χ4v) is 1.69. The molecule has 0 spiro atoms. The minimum Gasteiger partial charge on any atom is -0.480 e. The molecule has 2 unspecified atom stereocenters. The Bertz CT molecular complexity index is 310. The summed E-state index contributed by atoms with van der Waals surface area (Å²) in [6, 6.07) is 0.479. The summed E-state index contributed by atoms with van der Waals surface area (Å²) in [5, 5.41) is 19.7. The van der Waals surface area contributed by atoms with E-state index in [-0.39, 0.29) is 0 Å². The SMILES string of the molecule is Cc1cc(C(O)C(N)C(=O)O)cs1. The minimum atomic E-state index is -1.26. The lowest BCUT2D eigenvalue weighted by atomic mass is 10.1. The van der Waals surface area contributed by atoms with Gasteiger partial charge in [-0.3, -0.25) is 4.79 Å². The highest BCUT2D eigenvalue weighted by molar-refractivity contribution is 7.10. The number of aliphatic hydroxyl groups excluding tert-OH is 1. The molecule has 0 aliphatic carbocycles. The largest absolute Gasteiger partial charge is 0.480 e. The molecule has 4 N–H and O–H groups in total. The number of thiophene rings is 1. The van der Waals surface area contributed by atoms with Crippen LogP contribution in [0.3, 0.4) is 0 Å². The van der Waals surface area contributed by atoms with Crippen LogP contribution in [0.25, 0.3) is 0 Å². The molecule has 1 aromatic rings. The number of aliphatic hydroxyl groups is 1. The Kier molecular flexibility index (Phi) is 3.02. The number of aliphatic carboxylic acids is 1. The lowest BCUT2D eigenvalue weighted by Crippen LogP contribution is -2.36. The normalized spacial score (nSPS) is 15.3. The first kappa shape index (κ1) is 10.2. The zero-order valence-corrected chi connectivity index (χ0v) is 7.91. The molecular formula is C8H11NO3S. The van der Waals surface area contributed by atoms with Crippen LogP contribution in [0.15, 0.2) is 11.4 Å². The molecule has 0 amide bonds. The molecule has 1 aromatic heterocycles. The van der Waals surface area contributed by atoms with E-state index in [4.69, 9.17) is 10.8 Å². The van der Waals surface area contributed by atoms with E-state index in [2.05, 4.69) is 0 Å². The summed E-state index contributed by atoms with van der Waals surface area (Å²) in [7, 11) is 0. The average Bonchev–Trinajstić information content (AvgIpc) is 2.49. The number of hydrogen-bond donors (Lipinski definition) is 3. The molecule has 0 aliphatic heterocycles. The first-order valence-corrected chi connectivity index (χ1v) is 4.62. The van der Waals surface area contributed by atoms with Gasteiger partial charge in [-0.25, -0.2) is 0 Å². The van der Waals surface area contributed by atoms with Crippen molar-refractivity contribution in [2.45, 2.75) is 19.1 Å². The van der Waals surface area contributed by atoms with E-state index in [0.717, 1.165) is 4.88 Å². The Morgan fingerprint density at radius 1 is 1.69 bits per heavy atom. The molecule has 2 atom stereocenters. The van der Waals surface area contributed by atoms with Crippen molar-refractivity contribution in [2.75, 3.05) is 0 Å². The molecule has 0 fully saturated rings. The summed E-state index contributed by atoms with van der Waals surface area (Å²) in [6.45, 7) is 1.88. The quantitative estimate of drug-likeness (QED) is 0.665. The Balaban J connectivity index is 2.78. The summed E-state index contributed by atoms with van der Waals surface area (Å²) >= 11 is 1.45. The van der Waals surface area contributed by atoms with Crippen LogP contribution in [-0.4, -0.2) is 22.2 Å². The fourth-order valence-electron chi connectivity index (χ4n) is 0.961. The zero-order valence-electron chi connectivity index (χ0n) is 7.10. The molecule has 4 nitrogen and oxygen atoms in total. The number of carbonyl (C=O) groups is 1. The predicted molar refractivity (Wildman–Crippen MR) is 49.6 cm³/mol. The van der Waals surface area contributed by atoms with E-state index in [1.54, 1.807) is 11.4 Å².